The smallest absolute Gasteiger partial charge is 0.314 e. The van der Waals surface area contributed by atoms with Crippen molar-refractivity contribution >= 4 is 5.97 Å². The van der Waals surface area contributed by atoms with Crippen molar-refractivity contribution in [1.82, 2.24) is 0 Å². The molecule has 1 saturated heterocycles. The molecule has 0 N–H and O–H groups in total. The van der Waals surface area contributed by atoms with Gasteiger partial charge in [0, 0.05) is 5.92 Å². The van der Waals surface area contributed by atoms with Crippen LogP contribution in [0.15, 0.2) is 54.6 Å². The van der Waals surface area contributed by atoms with E-state index in [2.05, 4.69) is 12.1 Å². The standard InChI is InChI=1S/C14H12O2/c15-14-11-8-4-5-9-12(16-14)13(11)10-6-2-1-3-7-10/h1-9,11-13H. The lowest BCUT2D eigenvalue weighted by atomic mass is 9.85. The third-order valence-electron chi connectivity index (χ3n) is 3.18. The first-order valence-corrected chi connectivity index (χ1v) is 5.47. The summed E-state index contributed by atoms with van der Waals surface area (Å²) in [5.74, 6) is -0.120. The monoisotopic (exact) mass is 212 g/mol. The van der Waals surface area contributed by atoms with Gasteiger partial charge in [0.05, 0.1) is 5.92 Å². The van der Waals surface area contributed by atoms with Gasteiger partial charge in [-0.2, -0.15) is 0 Å². The summed E-state index contributed by atoms with van der Waals surface area (Å²) < 4.78 is 5.36. The lowest BCUT2D eigenvalue weighted by Crippen LogP contribution is -2.15. The van der Waals surface area contributed by atoms with Crippen molar-refractivity contribution in [3.05, 3.63) is 60.2 Å². The minimum Gasteiger partial charge on any atom is -0.457 e. The van der Waals surface area contributed by atoms with Gasteiger partial charge in [0.2, 0.25) is 0 Å². The Kier molecular flexibility index (Phi) is 2.13. The summed E-state index contributed by atoms with van der Waals surface area (Å²) in [5, 5.41) is 0. The van der Waals surface area contributed by atoms with Crippen LogP contribution in [0.5, 0.6) is 0 Å². The predicted molar refractivity (Wildman–Crippen MR) is 60.8 cm³/mol. The van der Waals surface area contributed by atoms with Crippen LogP contribution < -0.4 is 0 Å². The average Bonchev–Trinajstić information content (AvgIpc) is 2.48. The fourth-order valence-corrected chi connectivity index (χ4v) is 2.42. The molecule has 0 saturated carbocycles. The van der Waals surface area contributed by atoms with Crippen LogP contribution >= 0.6 is 0 Å². The Morgan fingerprint density at radius 3 is 2.56 bits per heavy atom. The van der Waals surface area contributed by atoms with Crippen LogP contribution in [-0.4, -0.2) is 12.1 Å². The van der Waals surface area contributed by atoms with E-state index in [1.807, 2.05) is 42.5 Å². The summed E-state index contributed by atoms with van der Waals surface area (Å²) in [7, 11) is 0. The van der Waals surface area contributed by atoms with E-state index >= 15 is 0 Å². The fraction of sp³-hybridized carbons (Fsp3) is 0.214. The average molecular weight is 212 g/mol. The Morgan fingerprint density at radius 1 is 1.00 bits per heavy atom. The molecule has 0 radical (unpaired) electrons. The minimum atomic E-state index is -0.137. The number of carbonyl (C=O) groups is 1. The zero-order valence-corrected chi connectivity index (χ0v) is 8.74. The lowest BCUT2D eigenvalue weighted by molar-refractivity contribution is -0.142. The van der Waals surface area contributed by atoms with Crippen molar-refractivity contribution in [2.45, 2.75) is 12.0 Å². The summed E-state index contributed by atoms with van der Waals surface area (Å²) >= 11 is 0. The molecule has 1 aliphatic heterocycles. The van der Waals surface area contributed by atoms with Crippen molar-refractivity contribution in [2.24, 2.45) is 5.92 Å². The maximum Gasteiger partial charge on any atom is 0.314 e. The van der Waals surface area contributed by atoms with E-state index in [-0.39, 0.29) is 23.9 Å². The third kappa shape index (κ3) is 1.38. The third-order valence-corrected chi connectivity index (χ3v) is 3.18. The highest BCUT2D eigenvalue weighted by Gasteiger charge is 2.43. The van der Waals surface area contributed by atoms with Crippen LogP contribution in [-0.2, 0) is 9.53 Å². The van der Waals surface area contributed by atoms with Gasteiger partial charge in [0.15, 0.2) is 0 Å². The zero-order chi connectivity index (χ0) is 11.0. The Labute approximate surface area is 94.2 Å². The molecule has 0 amide bonds. The second-order valence-corrected chi connectivity index (χ2v) is 4.13. The topological polar surface area (TPSA) is 26.3 Å². The lowest BCUT2D eigenvalue weighted by Gasteiger charge is -2.16. The highest BCUT2D eigenvalue weighted by molar-refractivity contribution is 5.79. The van der Waals surface area contributed by atoms with Crippen LogP contribution in [0.3, 0.4) is 0 Å². The molecule has 80 valence electrons. The van der Waals surface area contributed by atoms with Gasteiger partial charge < -0.3 is 4.74 Å². The maximum absolute atomic E-state index is 11.7. The first-order chi connectivity index (χ1) is 7.86. The number of allylic oxidation sites excluding steroid dienone is 2. The van der Waals surface area contributed by atoms with E-state index in [1.54, 1.807) is 0 Å². The molecule has 1 aromatic rings. The van der Waals surface area contributed by atoms with E-state index in [4.69, 9.17) is 4.74 Å². The molecule has 0 aromatic heterocycles. The van der Waals surface area contributed by atoms with Gasteiger partial charge in [-0.15, -0.1) is 0 Å². The molecule has 2 bridgehead atoms. The van der Waals surface area contributed by atoms with Gasteiger partial charge in [-0.05, 0) is 11.6 Å². The van der Waals surface area contributed by atoms with Crippen molar-refractivity contribution in [3.8, 4) is 0 Å². The molecule has 0 spiro atoms. The van der Waals surface area contributed by atoms with Crippen molar-refractivity contribution in [3.63, 3.8) is 0 Å². The molecule has 16 heavy (non-hydrogen) atoms. The molecular weight excluding hydrogens is 200 g/mol. The Hall–Kier alpha value is -1.83. The van der Waals surface area contributed by atoms with Crippen LogP contribution in [0.1, 0.15) is 11.5 Å². The number of carbonyl (C=O) groups excluding carboxylic acids is 1. The fourth-order valence-electron chi connectivity index (χ4n) is 2.42. The summed E-state index contributed by atoms with van der Waals surface area (Å²) in [6.45, 7) is 0. The quantitative estimate of drug-likeness (QED) is 0.668. The number of hydrogen-bond donors (Lipinski definition) is 0. The highest BCUT2D eigenvalue weighted by Crippen LogP contribution is 2.39. The molecular formula is C14H12O2. The molecule has 1 heterocycles. The van der Waals surface area contributed by atoms with Crippen LogP contribution in [0.25, 0.3) is 0 Å². The summed E-state index contributed by atoms with van der Waals surface area (Å²) in [6.07, 6.45) is 7.66. The SMILES string of the molecule is O=C1OC2C=CC=CC1C2c1ccccc1. The largest absolute Gasteiger partial charge is 0.457 e. The molecule has 2 aliphatic rings. The van der Waals surface area contributed by atoms with Crippen molar-refractivity contribution < 1.29 is 9.53 Å². The normalized spacial score (nSPS) is 31.2. The number of ether oxygens (including phenoxy) is 1. The van der Waals surface area contributed by atoms with Gasteiger partial charge in [-0.3, -0.25) is 4.79 Å². The zero-order valence-electron chi connectivity index (χ0n) is 8.74. The van der Waals surface area contributed by atoms with Gasteiger partial charge in [-0.25, -0.2) is 0 Å². The summed E-state index contributed by atoms with van der Waals surface area (Å²) in [4.78, 5) is 11.7. The van der Waals surface area contributed by atoms with E-state index in [9.17, 15) is 4.79 Å². The number of esters is 1. The van der Waals surface area contributed by atoms with Crippen LogP contribution in [0, 0.1) is 5.92 Å². The maximum atomic E-state index is 11.7. The molecule has 2 nitrogen and oxygen atoms in total. The summed E-state index contributed by atoms with van der Waals surface area (Å²) in [6, 6.07) is 10.1. The van der Waals surface area contributed by atoms with Gasteiger partial charge in [-0.1, -0.05) is 48.6 Å². The van der Waals surface area contributed by atoms with Gasteiger partial charge >= 0.3 is 5.97 Å². The molecule has 1 aliphatic carbocycles. The number of fused-ring (bicyclic) bond motifs is 2. The number of benzene rings is 1. The van der Waals surface area contributed by atoms with Crippen molar-refractivity contribution in [1.29, 1.82) is 0 Å². The van der Waals surface area contributed by atoms with E-state index in [0.29, 0.717) is 0 Å². The van der Waals surface area contributed by atoms with E-state index < -0.39 is 0 Å². The van der Waals surface area contributed by atoms with Gasteiger partial charge in [0.25, 0.3) is 0 Å². The Bertz CT molecular complexity index is 459. The number of hydrogen-bond acceptors (Lipinski definition) is 2. The Balaban J connectivity index is 2.05. The summed E-state index contributed by atoms with van der Waals surface area (Å²) in [5.41, 5.74) is 1.17. The Morgan fingerprint density at radius 2 is 1.75 bits per heavy atom. The second kappa shape index (κ2) is 3.63. The van der Waals surface area contributed by atoms with Gasteiger partial charge in [0.1, 0.15) is 6.10 Å². The molecule has 3 rings (SSSR count). The molecule has 2 heteroatoms. The first-order valence-electron chi connectivity index (χ1n) is 5.47. The second-order valence-electron chi connectivity index (χ2n) is 4.13. The van der Waals surface area contributed by atoms with E-state index in [1.165, 1.54) is 5.56 Å². The number of rotatable bonds is 1. The van der Waals surface area contributed by atoms with Crippen LogP contribution in [0.4, 0.5) is 0 Å². The predicted octanol–water partition coefficient (Wildman–Crippen LogP) is 2.44. The first kappa shape index (κ1) is 9.40. The molecule has 3 unspecified atom stereocenters. The van der Waals surface area contributed by atoms with E-state index in [0.717, 1.165) is 0 Å². The highest BCUT2D eigenvalue weighted by atomic mass is 16.6. The minimum absolute atomic E-state index is 0.112. The molecule has 1 aromatic carbocycles. The van der Waals surface area contributed by atoms with Crippen LogP contribution in [0.2, 0.25) is 0 Å². The van der Waals surface area contributed by atoms with Crippen molar-refractivity contribution in [2.75, 3.05) is 0 Å². The molecule has 3 atom stereocenters. The molecule has 1 fully saturated rings.